The normalized spacial score (nSPS) is 21.1. The molecule has 2 unspecified atom stereocenters. The van der Waals surface area contributed by atoms with Gasteiger partial charge in [-0.3, -0.25) is 4.90 Å². The Morgan fingerprint density at radius 2 is 1.88 bits per heavy atom. The smallest absolute Gasteiger partial charge is 0.0453 e. The van der Waals surface area contributed by atoms with Crippen molar-refractivity contribution < 1.29 is 0 Å². The van der Waals surface area contributed by atoms with Gasteiger partial charge >= 0.3 is 0 Å². The van der Waals surface area contributed by atoms with Crippen LogP contribution in [0.15, 0.2) is 24.3 Å². The monoisotopic (exact) mass is 233 g/mol. The maximum Gasteiger partial charge on any atom is 0.0453 e. The van der Waals surface area contributed by atoms with Crippen LogP contribution in [0.1, 0.15) is 24.1 Å². The molecule has 94 valence electrons. The zero-order valence-electron chi connectivity index (χ0n) is 10.8. The largest absolute Gasteiger partial charge is 0.323 e. The van der Waals surface area contributed by atoms with Crippen molar-refractivity contribution in [3.63, 3.8) is 0 Å². The van der Waals surface area contributed by atoms with Gasteiger partial charge in [-0.05, 0) is 25.0 Å². The zero-order chi connectivity index (χ0) is 12.3. The Balaban J connectivity index is 2.08. The lowest BCUT2D eigenvalue weighted by atomic mass is 9.96. The number of nitrogens with one attached hydrogen (secondary N) is 1. The standard InChI is InChI=1S/C14H23N3/c1-11-5-3-4-6-13(11)14(15)12(2)17-9-7-16-8-10-17/h3-6,12,14,16H,7-10,15H2,1-2H3. The lowest BCUT2D eigenvalue weighted by molar-refractivity contribution is 0.163. The molecule has 1 aliphatic rings. The first-order chi connectivity index (χ1) is 8.20. The molecule has 0 radical (unpaired) electrons. The van der Waals surface area contributed by atoms with Gasteiger partial charge in [0.2, 0.25) is 0 Å². The Morgan fingerprint density at radius 1 is 1.24 bits per heavy atom. The molecule has 2 rings (SSSR count). The van der Waals surface area contributed by atoms with E-state index < -0.39 is 0 Å². The van der Waals surface area contributed by atoms with Crippen LogP contribution in [0.2, 0.25) is 0 Å². The second kappa shape index (κ2) is 5.63. The number of benzene rings is 1. The van der Waals surface area contributed by atoms with E-state index in [0.717, 1.165) is 26.2 Å². The molecule has 17 heavy (non-hydrogen) atoms. The van der Waals surface area contributed by atoms with Crippen molar-refractivity contribution >= 4 is 0 Å². The van der Waals surface area contributed by atoms with Gasteiger partial charge in [0, 0.05) is 38.3 Å². The van der Waals surface area contributed by atoms with Gasteiger partial charge in [0.1, 0.15) is 0 Å². The molecule has 1 aromatic rings. The number of hydrogen-bond donors (Lipinski definition) is 2. The fourth-order valence-electron chi connectivity index (χ4n) is 2.54. The van der Waals surface area contributed by atoms with E-state index in [2.05, 4.69) is 48.3 Å². The second-order valence-electron chi connectivity index (χ2n) is 4.91. The van der Waals surface area contributed by atoms with Gasteiger partial charge in [0.15, 0.2) is 0 Å². The Morgan fingerprint density at radius 3 is 2.53 bits per heavy atom. The number of hydrogen-bond acceptors (Lipinski definition) is 3. The molecule has 0 bridgehead atoms. The van der Waals surface area contributed by atoms with Crippen molar-refractivity contribution in [1.29, 1.82) is 0 Å². The van der Waals surface area contributed by atoms with Crippen LogP contribution in [0, 0.1) is 6.92 Å². The second-order valence-corrected chi connectivity index (χ2v) is 4.91. The fraction of sp³-hybridized carbons (Fsp3) is 0.571. The summed E-state index contributed by atoms with van der Waals surface area (Å²) < 4.78 is 0. The minimum Gasteiger partial charge on any atom is -0.323 e. The Hall–Kier alpha value is -0.900. The van der Waals surface area contributed by atoms with Crippen LogP contribution in [-0.4, -0.2) is 37.1 Å². The number of rotatable bonds is 3. The van der Waals surface area contributed by atoms with Crippen LogP contribution in [0.4, 0.5) is 0 Å². The highest BCUT2D eigenvalue weighted by atomic mass is 15.2. The lowest BCUT2D eigenvalue weighted by Crippen LogP contribution is -2.50. The molecule has 3 heteroatoms. The Bertz CT molecular complexity index is 358. The summed E-state index contributed by atoms with van der Waals surface area (Å²) in [5, 5.41) is 3.38. The summed E-state index contributed by atoms with van der Waals surface area (Å²) in [6.07, 6.45) is 0. The third-order valence-corrected chi connectivity index (χ3v) is 3.79. The Labute approximate surface area is 104 Å². The van der Waals surface area contributed by atoms with Gasteiger partial charge in [-0.1, -0.05) is 24.3 Å². The van der Waals surface area contributed by atoms with Crippen molar-refractivity contribution in [3.8, 4) is 0 Å². The minimum absolute atomic E-state index is 0.106. The zero-order valence-corrected chi connectivity index (χ0v) is 10.8. The summed E-state index contributed by atoms with van der Waals surface area (Å²) >= 11 is 0. The summed E-state index contributed by atoms with van der Waals surface area (Å²) in [6, 6.07) is 8.94. The molecule has 1 aliphatic heterocycles. The maximum absolute atomic E-state index is 6.41. The molecule has 0 spiro atoms. The van der Waals surface area contributed by atoms with Gasteiger partial charge in [-0.2, -0.15) is 0 Å². The quantitative estimate of drug-likeness (QED) is 0.826. The van der Waals surface area contributed by atoms with Crippen LogP contribution in [-0.2, 0) is 0 Å². The van der Waals surface area contributed by atoms with Crippen molar-refractivity contribution in [3.05, 3.63) is 35.4 Å². The van der Waals surface area contributed by atoms with Crippen molar-refractivity contribution in [2.24, 2.45) is 5.73 Å². The first-order valence-corrected chi connectivity index (χ1v) is 6.46. The van der Waals surface area contributed by atoms with Crippen molar-refractivity contribution in [2.45, 2.75) is 25.9 Å². The molecule has 0 amide bonds. The fourth-order valence-corrected chi connectivity index (χ4v) is 2.54. The molecule has 0 aliphatic carbocycles. The molecule has 0 saturated carbocycles. The van der Waals surface area contributed by atoms with Gasteiger partial charge in [0.25, 0.3) is 0 Å². The average molecular weight is 233 g/mol. The summed E-state index contributed by atoms with van der Waals surface area (Å²) in [4.78, 5) is 2.48. The molecule has 3 nitrogen and oxygen atoms in total. The highest BCUT2D eigenvalue weighted by molar-refractivity contribution is 5.29. The Kier molecular flexibility index (Phi) is 4.15. The predicted molar refractivity (Wildman–Crippen MR) is 72.0 cm³/mol. The molecular formula is C14H23N3. The molecule has 2 atom stereocenters. The first kappa shape index (κ1) is 12.6. The van der Waals surface area contributed by atoms with Crippen LogP contribution < -0.4 is 11.1 Å². The molecule has 1 aromatic carbocycles. The van der Waals surface area contributed by atoms with E-state index in [-0.39, 0.29) is 6.04 Å². The summed E-state index contributed by atoms with van der Waals surface area (Å²) in [6.45, 7) is 8.72. The topological polar surface area (TPSA) is 41.3 Å². The molecule has 1 fully saturated rings. The van der Waals surface area contributed by atoms with Crippen molar-refractivity contribution in [1.82, 2.24) is 10.2 Å². The first-order valence-electron chi connectivity index (χ1n) is 6.46. The minimum atomic E-state index is 0.106. The number of nitrogens with two attached hydrogens (primary N) is 1. The summed E-state index contributed by atoms with van der Waals surface area (Å²) in [5.41, 5.74) is 8.98. The van der Waals surface area contributed by atoms with E-state index in [4.69, 9.17) is 5.73 Å². The van der Waals surface area contributed by atoms with Crippen LogP contribution in [0.25, 0.3) is 0 Å². The van der Waals surface area contributed by atoms with Gasteiger partial charge in [-0.15, -0.1) is 0 Å². The number of piperazine rings is 1. The average Bonchev–Trinajstić information content (AvgIpc) is 2.39. The highest BCUT2D eigenvalue weighted by Gasteiger charge is 2.23. The van der Waals surface area contributed by atoms with Crippen LogP contribution in [0.3, 0.4) is 0 Å². The predicted octanol–water partition coefficient (Wildman–Crippen LogP) is 1.29. The SMILES string of the molecule is Cc1ccccc1C(N)C(C)N1CCNCC1. The molecule has 0 aromatic heterocycles. The van der Waals surface area contributed by atoms with E-state index in [0.29, 0.717) is 6.04 Å². The van der Waals surface area contributed by atoms with Gasteiger partial charge in [-0.25, -0.2) is 0 Å². The van der Waals surface area contributed by atoms with E-state index in [1.165, 1.54) is 11.1 Å². The number of nitrogens with zero attached hydrogens (tertiary/aromatic N) is 1. The third kappa shape index (κ3) is 2.86. The molecule has 1 heterocycles. The number of aryl methyl sites for hydroxylation is 1. The van der Waals surface area contributed by atoms with E-state index >= 15 is 0 Å². The van der Waals surface area contributed by atoms with Gasteiger partial charge in [0.05, 0.1) is 0 Å². The van der Waals surface area contributed by atoms with Crippen LogP contribution in [0.5, 0.6) is 0 Å². The molecule has 1 saturated heterocycles. The summed E-state index contributed by atoms with van der Waals surface area (Å²) in [7, 11) is 0. The van der Waals surface area contributed by atoms with Crippen LogP contribution >= 0.6 is 0 Å². The van der Waals surface area contributed by atoms with E-state index in [9.17, 15) is 0 Å². The van der Waals surface area contributed by atoms with E-state index in [1.807, 2.05) is 0 Å². The molecular weight excluding hydrogens is 210 g/mol. The molecule has 3 N–H and O–H groups in total. The van der Waals surface area contributed by atoms with Gasteiger partial charge < -0.3 is 11.1 Å². The van der Waals surface area contributed by atoms with Crippen molar-refractivity contribution in [2.75, 3.05) is 26.2 Å². The highest BCUT2D eigenvalue weighted by Crippen LogP contribution is 2.21. The summed E-state index contributed by atoms with van der Waals surface area (Å²) in [5.74, 6) is 0. The lowest BCUT2D eigenvalue weighted by Gasteiger charge is -2.36. The third-order valence-electron chi connectivity index (χ3n) is 3.79. The maximum atomic E-state index is 6.41. The van der Waals surface area contributed by atoms with E-state index in [1.54, 1.807) is 0 Å².